The van der Waals surface area contributed by atoms with Crippen molar-refractivity contribution in [1.82, 2.24) is 9.80 Å². The number of hydrogen-bond donors (Lipinski definition) is 1. The number of benzene rings is 1. The lowest BCUT2D eigenvalue weighted by Gasteiger charge is -2.53. The van der Waals surface area contributed by atoms with Gasteiger partial charge in [0.05, 0.1) is 13.2 Å². The molecule has 2 aliphatic heterocycles. The second kappa shape index (κ2) is 13.2. The fourth-order valence-electron chi connectivity index (χ4n) is 8.67. The summed E-state index contributed by atoms with van der Waals surface area (Å²) in [7, 11) is 4.33. The monoisotopic (exact) mass is 671 g/mol. The number of nitrogens with zero attached hydrogens (tertiary/aromatic N) is 2. The minimum Gasteiger partial charge on any atom is -0.507 e. The van der Waals surface area contributed by atoms with E-state index < -0.39 is 17.4 Å². The Morgan fingerprint density at radius 2 is 0.958 bits per heavy atom. The molecule has 7 nitrogen and oxygen atoms in total. The van der Waals surface area contributed by atoms with Gasteiger partial charge in [-0.25, -0.2) is 0 Å². The molecule has 48 heavy (non-hydrogen) atoms. The predicted molar refractivity (Wildman–Crippen MR) is 197 cm³/mol. The van der Waals surface area contributed by atoms with E-state index in [0.717, 1.165) is 42.4 Å². The summed E-state index contributed by atoms with van der Waals surface area (Å²) in [5.74, 6) is -0.478. The van der Waals surface area contributed by atoms with Crippen LogP contribution in [0.2, 0.25) is 0 Å². The number of aromatic hydroxyl groups is 1. The Morgan fingerprint density at radius 1 is 0.667 bits per heavy atom. The third kappa shape index (κ3) is 8.60. The van der Waals surface area contributed by atoms with Crippen LogP contribution in [-0.4, -0.2) is 76.3 Å². The van der Waals surface area contributed by atoms with E-state index in [1.165, 1.54) is 0 Å². The van der Waals surface area contributed by atoms with Gasteiger partial charge in [0.1, 0.15) is 5.75 Å². The summed E-state index contributed by atoms with van der Waals surface area (Å²) in [5, 5.41) is 11.4. The first-order valence-corrected chi connectivity index (χ1v) is 18.1. The maximum atomic E-state index is 14.3. The van der Waals surface area contributed by atoms with Gasteiger partial charge in [-0.1, -0.05) is 53.7 Å². The van der Waals surface area contributed by atoms with Gasteiger partial charge in [-0.2, -0.15) is 0 Å². The Balaban J connectivity index is 1.97. The number of carbonyl (C=O) groups is 2. The van der Waals surface area contributed by atoms with E-state index in [1.54, 1.807) is 6.92 Å². The quantitative estimate of drug-likeness (QED) is 0.220. The Labute approximate surface area is 293 Å². The van der Waals surface area contributed by atoms with Gasteiger partial charge in [-0.15, -0.1) is 0 Å². The van der Waals surface area contributed by atoms with Crippen molar-refractivity contribution in [2.45, 2.75) is 169 Å². The van der Waals surface area contributed by atoms with Crippen molar-refractivity contribution in [2.24, 2.45) is 17.3 Å². The zero-order chi connectivity index (χ0) is 37.1. The minimum atomic E-state index is -1.56. The standard InChI is InChI=1S/C41H70N2O5/c1-35(2,3)30-18-27(19-31(32(30)44)36(4,5)6)24-41(15,33(45)47-25-28-20-37(7,8)42(16)38(9,10)21-28)34(46)48-26-29-22-39(11,12)43(17)40(13,14)23-29/h18-19,28-29,44H,20-26H2,1-17H3. The first-order chi connectivity index (χ1) is 21.4. The molecule has 1 aromatic carbocycles. The summed E-state index contributed by atoms with van der Waals surface area (Å²) in [4.78, 5) is 33.4. The Hall–Kier alpha value is -2.12. The summed E-state index contributed by atoms with van der Waals surface area (Å²) in [6, 6.07) is 3.90. The highest BCUT2D eigenvalue weighted by Gasteiger charge is 2.49. The number of rotatable bonds is 8. The Morgan fingerprint density at radius 3 is 1.23 bits per heavy atom. The van der Waals surface area contributed by atoms with Gasteiger partial charge >= 0.3 is 11.9 Å². The molecule has 0 saturated carbocycles. The number of phenols is 1. The van der Waals surface area contributed by atoms with Crippen molar-refractivity contribution in [1.29, 1.82) is 0 Å². The molecule has 2 aliphatic rings. The molecule has 0 amide bonds. The molecule has 0 radical (unpaired) electrons. The molecule has 0 spiro atoms. The molecule has 0 aliphatic carbocycles. The average molecular weight is 671 g/mol. The summed E-state index contributed by atoms with van der Waals surface area (Å²) >= 11 is 0. The SMILES string of the molecule is CN1C(C)(C)CC(COC(=O)C(C)(Cc2cc(C(C)(C)C)c(O)c(C(C)(C)C)c2)C(=O)OCC2CC(C)(C)N(C)C(C)(C)C2)CC1(C)C. The van der Waals surface area contributed by atoms with Crippen LogP contribution in [0.15, 0.2) is 12.1 Å². The highest BCUT2D eigenvalue weighted by molar-refractivity contribution is 6.00. The third-order valence-corrected chi connectivity index (χ3v) is 11.9. The highest BCUT2D eigenvalue weighted by Crippen LogP contribution is 2.44. The fraction of sp³-hybridized carbons (Fsp3) is 0.805. The summed E-state index contributed by atoms with van der Waals surface area (Å²) < 4.78 is 12.3. The third-order valence-electron chi connectivity index (χ3n) is 11.9. The van der Waals surface area contributed by atoms with Crippen LogP contribution in [0.5, 0.6) is 5.75 Å². The van der Waals surface area contributed by atoms with E-state index in [0.29, 0.717) is 0 Å². The van der Waals surface area contributed by atoms with E-state index in [-0.39, 0.29) is 70.2 Å². The molecule has 0 bridgehead atoms. The fourth-order valence-corrected chi connectivity index (χ4v) is 8.67. The number of carbonyl (C=O) groups excluding carboxylic acids is 2. The van der Waals surface area contributed by atoms with Crippen LogP contribution in [0, 0.1) is 17.3 Å². The van der Waals surface area contributed by atoms with Crippen LogP contribution in [0.4, 0.5) is 0 Å². The zero-order valence-corrected chi connectivity index (χ0v) is 33.7. The van der Waals surface area contributed by atoms with Crippen LogP contribution in [0.3, 0.4) is 0 Å². The van der Waals surface area contributed by atoms with Crippen LogP contribution >= 0.6 is 0 Å². The van der Waals surface area contributed by atoms with Gasteiger partial charge in [0.25, 0.3) is 0 Å². The molecular weight excluding hydrogens is 600 g/mol. The van der Waals surface area contributed by atoms with Crippen molar-refractivity contribution < 1.29 is 24.2 Å². The molecule has 1 N–H and O–H groups in total. The molecule has 0 unspecified atom stereocenters. The molecule has 2 fully saturated rings. The largest absolute Gasteiger partial charge is 0.507 e. The molecule has 0 atom stereocenters. The predicted octanol–water partition coefficient (Wildman–Crippen LogP) is 8.42. The van der Waals surface area contributed by atoms with Gasteiger partial charge in [0.15, 0.2) is 5.41 Å². The van der Waals surface area contributed by atoms with Gasteiger partial charge in [-0.3, -0.25) is 19.4 Å². The van der Waals surface area contributed by atoms with Crippen molar-refractivity contribution in [3.63, 3.8) is 0 Å². The lowest BCUT2D eigenvalue weighted by molar-refractivity contribution is -0.175. The smallest absolute Gasteiger partial charge is 0.323 e. The van der Waals surface area contributed by atoms with E-state index >= 15 is 0 Å². The van der Waals surface area contributed by atoms with E-state index in [1.807, 2.05) is 12.1 Å². The van der Waals surface area contributed by atoms with Gasteiger partial charge in [0.2, 0.25) is 0 Å². The van der Waals surface area contributed by atoms with E-state index in [9.17, 15) is 14.7 Å². The Kier molecular flexibility index (Phi) is 11.1. The first kappa shape index (κ1) is 40.3. The summed E-state index contributed by atoms with van der Waals surface area (Å²) in [6.45, 7) is 32.5. The molecule has 3 rings (SSSR count). The molecule has 2 heterocycles. The normalized spacial score (nSPS) is 22.4. The summed E-state index contributed by atoms with van der Waals surface area (Å²) in [6.07, 6.45) is 3.69. The van der Waals surface area contributed by atoms with Crippen LogP contribution < -0.4 is 0 Å². The first-order valence-electron chi connectivity index (χ1n) is 18.1. The molecule has 274 valence electrons. The second-order valence-corrected chi connectivity index (χ2v) is 20.2. The molecule has 7 heteroatoms. The number of esters is 2. The van der Waals surface area contributed by atoms with Crippen LogP contribution in [0.1, 0.15) is 146 Å². The molecule has 2 saturated heterocycles. The van der Waals surface area contributed by atoms with E-state index in [2.05, 4.69) is 121 Å². The number of piperidine rings is 2. The van der Waals surface area contributed by atoms with Crippen molar-refractivity contribution in [2.75, 3.05) is 27.3 Å². The minimum absolute atomic E-state index is 0.0462. The second-order valence-electron chi connectivity index (χ2n) is 20.2. The van der Waals surface area contributed by atoms with Crippen LogP contribution in [-0.2, 0) is 36.3 Å². The van der Waals surface area contributed by atoms with E-state index in [4.69, 9.17) is 9.47 Å². The lowest BCUT2D eigenvalue weighted by Crippen LogP contribution is -2.59. The molecule has 0 aromatic heterocycles. The Bertz CT molecular complexity index is 1210. The molecular formula is C41H70N2O5. The maximum Gasteiger partial charge on any atom is 0.323 e. The number of likely N-dealkylation sites (tertiary alicyclic amines) is 2. The van der Waals surface area contributed by atoms with Crippen molar-refractivity contribution >= 4 is 11.9 Å². The number of hydrogen-bond acceptors (Lipinski definition) is 7. The summed E-state index contributed by atoms with van der Waals surface area (Å²) in [5.41, 5.74) is -0.0505. The zero-order valence-electron chi connectivity index (χ0n) is 33.7. The lowest BCUT2D eigenvalue weighted by atomic mass is 9.74. The maximum absolute atomic E-state index is 14.3. The topological polar surface area (TPSA) is 79.3 Å². The highest BCUT2D eigenvalue weighted by atomic mass is 16.6. The van der Waals surface area contributed by atoms with Crippen molar-refractivity contribution in [3.8, 4) is 5.75 Å². The average Bonchev–Trinajstić information content (AvgIpc) is 2.90. The van der Waals surface area contributed by atoms with Gasteiger partial charge in [0, 0.05) is 22.2 Å². The van der Waals surface area contributed by atoms with Gasteiger partial charge in [-0.05, 0) is 148 Å². The number of ether oxygens (including phenoxy) is 2. The molecule has 1 aromatic rings. The van der Waals surface area contributed by atoms with Crippen LogP contribution in [0.25, 0.3) is 0 Å². The van der Waals surface area contributed by atoms with Crippen molar-refractivity contribution in [3.05, 3.63) is 28.8 Å². The number of phenolic OH excluding ortho intramolecular Hbond substituents is 1. The van der Waals surface area contributed by atoms with Gasteiger partial charge < -0.3 is 14.6 Å².